The molecule has 35 heavy (non-hydrogen) atoms. The van der Waals surface area contributed by atoms with Crippen molar-refractivity contribution >= 4 is 60.8 Å². The Morgan fingerprint density at radius 3 is 2.11 bits per heavy atom. The van der Waals surface area contributed by atoms with Gasteiger partial charge in [0.25, 0.3) is 0 Å². The Kier molecular flexibility index (Phi) is 5.12. The van der Waals surface area contributed by atoms with Crippen molar-refractivity contribution in [3.63, 3.8) is 0 Å². The number of anilines is 3. The van der Waals surface area contributed by atoms with Crippen LogP contribution >= 0.6 is 0 Å². The molecular weight excluding hydrogens is 434 g/mol. The Bertz CT molecular complexity index is 1810. The van der Waals surface area contributed by atoms with Crippen LogP contribution in [0.15, 0.2) is 104 Å². The third-order valence-electron chi connectivity index (χ3n) is 5.83. The van der Waals surface area contributed by atoms with Crippen molar-refractivity contribution in [3.8, 4) is 0 Å². The van der Waals surface area contributed by atoms with Crippen LogP contribution in [-0.4, -0.2) is 25.1 Å². The standard InChI is InChI=1S/C19H13N5.C9H8N2/c1-2-6-13-10-20-17(9-12(13)5-1)23-19-18-15(11-21-24-18)14-7-3-4-8-16(14)22-19;10-9-5-7-3-1-2-4-8(7)6-11-9/h1-11H,(H,21,24)(H,20,22,23);1-6H,(H2,10,11). The molecule has 7 aromatic rings. The number of H-pyrrole nitrogens is 1. The van der Waals surface area contributed by atoms with E-state index >= 15 is 0 Å². The van der Waals surface area contributed by atoms with Crippen molar-refractivity contribution in [2.24, 2.45) is 0 Å². The molecule has 4 N–H and O–H groups in total. The average molecular weight is 456 g/mol. The number of aromatic nitrogens is 5. The van der Waals surface area contributed by atoms with Crippen LogP contribution in [0.2, 0.25) is 0 Å². The second-order valence-electron chi connectivity index (χ2n) is 8.13. The van der Waals surface area contributed by atoms with Gasteiger partial charge in [-0.1, -0.05) is 66.7 Å². The molecule has 4 aromatic heterocycles. The number of nitrogens with zero attached hydrogens (tertiary/aromatic N) is 4. The summed E-state index contributed by atoms with van der Waals surface area (Å²) in [5.41, 5.74) is 7.32. The lowest BCUT2D eigenvalue weighted by Crippen LogP contribution is -1.98. The third-order valence-corrected chi connectivity index (χ3v) is 5.83. The summed E-state index contributed by atoms with van der Waals surface area (Å²) in [7, 11) is 0. The van der Waals surface area contributed by atoms with E-state index in [4.69, 9.17) is 10.7 Å². The molecule has 4 heterocycles. The average Bonchev–Trinajstić information content (AvgIpc) is 3.40. The van der Waals surface area contributed by atoms with Crippen molar-refractivity contribution in [1.29, 1.82) is 0 Å². The lowest BCUT2D eigenvalue weighted by molar-refractivity contribution is 1.11. The highest BCUT2D eigenvalue weighted by Gasteiger charge is 2.10. The van der Waals surface area contributed by atoms with Crippen molar-refractivity contribution in [3.05, 3.63) is 104 Å². The maximum absolute atomic E-state index is 5.51. The number of rotatable bonds is 2. The Balaban J connectivity index is 0.000000174. The molecule has 0 fully saturated rings. The first-order valence-electron chi connectivity index (χ1n) is 11.2. The molecule has 0 saturated carbocycles. The second kappa shape index (κ2) is 8.72. The number of hydrogen-bond acceptors (Lipinski definition) is 6. The van der Waals surface area contributed by atoms with Gasteiger partial charge in [-0.05, 0) is 29.0 Å². The SMILES string of the molecule is Nc1cc2ccccc2cn1.c1ccc2cc(Nc3nc4ccccc4c4cn[nH]c34)ncc2c1. The van der Waals surface area contributed by atoms with Crippen LogP contribution in [0.25, 0.3) is 43.4 Å². The minimum atomic E-state index is 0.573. The third kappa shape index (κ3) is 4.06. The number of benzene rings is 3. The van der Waals surface area contributed by atoms with E-state index in [1.807, 2.05) is 85.2 Å². The monoisotopic (exact) mass is 455 g/mol. The molecule has 168 valence electrons. The molecule has 7 nitrogen and oxygen atoms in total. The molecule has 7 rings (SSSR count). The van der Waals surface area contributed by atoms with E-state index in [1.165, 1.54) is 0 Å². The van der Waals surface area contributed by atoms with Gasteiger partial charge in [0.2, 0.25) is 0 Å². The Morgan fingerprint density at radius 2 is 1.31 bits per heavy atom. The first-order valence-corrected chi connectivity index (χ1v) is 11.2. The van der Waals surface area contributed by atoms with Gasteiger partial charge in [-0.2, -0.15) is 5.10 Å². The van der Waals surface area contributed by atoms with Gasteiger partial charge in [-0.3, -0.25) is 5.10 Å². The van der Waals surface area contributed by atoms with Gasteiger partial charge in [0.15, 0.2) is 5.82 Å². The Hall–Kier alpha value is -5.04. The normalized spacial score (nSPS) is 11.0. The molecule has 0 unspecified atom stereocenters. The van der Waals surface area contributed by atoms with E-state index in [1.54, 1.807) is 6.20 Å². The number of nitrogens with two attached hydrogens (primary N) is 1. The van der Waals surface area contributed by atoms with Crippen LogP contribution in [0.3, 0.4) is 0 Å². The second-order valence-corrected chi connectivity index (χ2v) is 8.13. The van der Waals surface area contributed by atoms with Crippen molar-refractivity contribution < 1.29 is 0 Å². The largest absolute Gasteiger partial charge is 0.384 e. The lowest BCUT2D eigenvalue weighted by atomic mass is 10.1. The van der Waals surface area contributed by atoms with E-state index in [9.17, 15) is 0 Å². The maximum atomic E-state index is 5.51. The predicted molar refractivity (Wildman–Crippen MR) is 143 cm³/mol. The van der Waals surface area contributed by atoms with Gasteiger partial charge < -0.3 is 11.1 Å². The van der Waals surface area contributed by atoms with E-state index < -0.39 is 0 Å². The molecule has 0 aliphatic heterocycles. The van der Waals surface area contributed by atoms with Gasteiger partial charge in [-0.25, -0.2) is 15.0 Å². The van der Waals surface area contributed by atoms with Crippen LogP contribution < -0.4 is 11.1 Å². The molecule has 0 aliphatic carbocycles. The summed E-state index contributed by atoms with van der Waals surface area (Å²) >= 11 is 0. The fourth-order valence-corrected chi connectivity index (χ4v) is 4.11. The van der Waals surface area contributed by atoms with Crippen molar-refractivity contribution in [2.45, 2.75) is 0 Å². The molecular formula is C28H21N7. The number of aromatic amines is 1. The van der Waals surface area contributed by atoms with Gasteiger partial charge in [-0.15, -0.1) is 0 Å². The minimum absolute atomic E-state index is 0.573. The number of hydrogen-bond donors (Lipinski definition) is 3. The number of nitrogens with one attached hydrogen (secondary N) is 2. The van der Waals surface area contributed by atoms with Crippen LogP contribution in [-0.2, 0) is 0 Å². The smallest absolute Gasteiger partial charge is 0.158 e. The predicted octanol–water partition coefficient (Wildman–Crippen LogP) is 6.22. The Labute approximate surface area is 200 Å². The summed E-state index contributed by atoms with van der Waals surface area (Å²) in [6.07, 6.45) is 5.48. The van der Waals surface area contributed by atoms with E-state index in [-0.39, 0.29) is 0 Å². The van der Waals surface area contributed by atoms with Crippen molar-refractivity contribution in [2.75, 3.05) is 11.1 Å². The molecule has 0 radical (unpaired) electrons. The Morgan fingerprint density at radius 1 is 0.657 bits per heavy atom. The fraction of sp³-hybridized carbons (Fsp3) is 0. The first kappa shape index (κ1) is 20.6. The van der Waals surface area contributed by atoms with E-state index in [2.05, 4.69) is 37.6 Å². The van der Waals surface area contributed by atoms with Crippen LogP contribution in [0.4, 0.5) is 17.5 Å². The highest BCUT2D eigenvalue weighted by Crippen LogP contribution is 2.29. The number of nitrogen functional groups attached to an aromatic ring is 1. The zero-order valence-electron chi connectivity index (χ0n) is 18.7. The quantitative estimate of drug-likeness (QED) is 0.286. The van der Waals surface area contributed by atoms with Crippen molar-refractivity contribution in [1.82, 2.24) is 25.1 Å². The van der Waals surface area contributed by atoms with Gasteiger partial charge in [0, 0.05) is 33.9 Å². The van der Waals surface area contributed by atoms with Crippen LogP contribution in [0, 0.1) is 0 Å². The molecule has 0 spiro atoms. The molecule has 3 aromatic carbocycles. The molecule has 0 amide bonds. The molecule has 0 saturated heterocycles. The highest BCUT2D eigenvalue weighted by atomic mass is 15.1. The zero-order chi connectivity index (χ0) is 23.6. The fourth-order valence-electron chi connectivity index (χ4n) is 4.11. The van der Waals surface area contributed by atoms with E-state index in [0.29, 0.717) is 5.82 Å². The van der Waals surface area contributed by atoms with Gasteiger partial charge in [0.1, 0.15) is 17.2 Å². The highest BCUT2D eigenvalue weighted by molar-refractivity contribution is 6.08. The van der Waals surface area contributed by atoms with Gasteiger partial charge >= 0.3 is 0 Å². The molecule has 7 heteroatoms. The van der Waals surface area contributed by atoms with E-state index in [0.717, 1.165) is 55.0 Å². The summed E-state index contributed by atoms with van der Waals surface area (Å²) in [4.78, 5) is 13.2. The number of para-hydroxylation sites is 1. The number of pyridine rings is 3. The summed E-state index contributed by atoms with van der Waals surface area (Å²) < 4.78 is 0. The van der Waals surface area contributed by atoms with Crippen LogP contribution in [0.5, 0.6) is 0 Å². The topological polar surface area (TPSA) is 105 Å². The first-order chi connectivity index (χ1) is 17.2. The molecule has 0 atom stereocenters. The minimum Gasteiger partial charge on any atom is -0.384 e. The maximum Gasteiger partial charge on any atom is 0.158 e. The summed E-state index contributed by atoms with van der Waals surface area (Å²) in [6.45, 7) is 0. The summed E-state index contributed by atoms with van der Waals surface area (Å²) in [5, 5.41) is 17.2. The van der Waals surface area contributed by atoms with Gasteiger partial charge in [0.05, 0.1) is 11.7 Å². The summed E-state index contributed by atoms with van der Waals surface area (Å²) in [6, 6.07) is 28.1. The van der Waals surface area contributed by atoms with Crippen LogP contribution in [0.1, 0.15) is 0 Å². The summed E-state index contributed by atoms with van der Waals surface area (Å²) in [5.74, 6) is 2.06. The molecule has 0 aliphatic rings. The number of fused-ring (bicyclic) bond motifs is 5. The molecule has 0 bridgehead atoms. The lowest BCUT2D eigenvalue weighted by Gasteiger charge is -2.09. The zero-order valence-corrected chi connectivity index (χ0v) is 18.7.